The lowest BCUT2D eigenvalue weighted by Gasteiger charge is -2.21. The summed E-state index contributed by atoms with van der Waals surface area (Å²) >= 11 is 0. The predicted octanol–water partition coefficient (Wildman–Crippen LogP) is 2.42. The highest BCUT2D eigenvalue weighted by Crippen LogP contribution is 2.38. The van der Waals surface area contributed by atoms with Gasteiger partial charge < -0.3 is 15.4 Å². The van der Waals surface area contributed by atoms with E-state index in [-0.39, 0.29) is 17.6 Å². The van der Waals surface area contributed by atoms with E-state index < -0.39 is 0 Å². The summed E-state index contributed by atoms with van der Waals surface area (Å²) in [6, 6.07) is 4.77. The van der Waals surface area contributed by atoms with Crippen LogP contribution in [0.2, 0.25) is 0 Å². The van der Waals surface area contributed by atoms with Gasteiger partial charge in [-0.25, -0.2) is 4.39 Å². The molecule has 2 N–H and O–H groups in total. The molecule has 0 aliphatic heterocycles. The third-order valence-electron chi connectivity index (χ3n) is 3.93. The minimum Gasteiger partial charge on any atom is -0.494 e. The van der Waals surface area contributed by atoms with Gasteiger partial charge in [-0.15, -0.1) is 0 Å². The van der Waals surface area contributed by atoms with Crippen LogP contribution in [0.1, 0.15) is 24.9 Å². The Bertz CT molecular complexity index is 438. The van der Waals surface area contributed by atoms with Crippen molar-refractivity contribution in [2.24, 2.45) is 17.6 Å². The number of halogens is 1. The van der Waals surface area contributed by atoms with Crippen LogP contribution in [0.5, 0.6) is 5.75 Å². The van der Waals surface area contributed by atoms with Crippen LogP contribution in [0.25, 0.3) is 0 Å². The maximum atomic E-state index is 13.6. The number of likely N-dealkylation sites (N-methyl/N-ethyl adjacent to an activating group) is 1. The van der Waals surface area contributed by atoms with E-state index in [9.17, 15) is 4.39 Å². The SMILES string of the molecule is COc1ccc(C(N)CN(C)CC2CC2C)cc1F. The van der Waals surface area contributed by atoms with E-state index in [1.54, 1.807) is 6.07 Å². The topological polar surface area (TPSA) is 38.5 Å². The molecular weight excluding hydrogens is 243 g/mol. The number of methoxy groups -OCH3 is 1. The largest absolute Gasteiger partial charge is 0.494 e. The second-order valence-electron chi connectivity index (χ2n) is 5.69. The highest BCUT2D eigenvalue weighted by molar-refractivity contribution is 5.31. The van der Waals surface area contributed by atoms with E-state index in [2.05, 4.69) is 18.9 Å². The number of ether oxygens (including phenoxy) is 1. The fourth-order valence-corrected chi connectivity index (χ4v) is 2.48. The lowest BCUT2D eigenvalue weighted by Crippen LogP contribution is -2.30. The van der Waals surface area contributed by atoms with Gasteiger partial charge >= 0.3 is 0 Å². The zero-order valence-corrected chi connectivity index (χ0v) is 11.9. The molecule has 0 amide bonds. The van der Waals surface area contributed by atoms with Crippen molar-refractivity contribution >= 4 is 0 Å². The van der Waals surface area contributed by atoms with Crippen LogP contribution in [-0.2, 0) is 0 Å². The average molecular weight is 266 g/mol. The van der Waals surface area contributed by atoms with E-state index in [1.807, 2.05) is 6.07 Å². The van der Waals surface area contributed by atoms with E-state index in [1.165, 1.54) is 19.6 Å². The Balaban J connectivity index is 1.91. The number of nitrogens with zero attached hydrogens (tertiary/aromatic N) is 1. The molecule has 1 aliphatic carbocycles. The summed E-state index contributed by atoms with van der Waals surface area (Å²) in [5.74, 6) is 1.56. The minimum absolute atomic E-state index is 0.167. The molecule has 0 bridgehead atoms. The van der Waals surface area contributed by atoms with Crippen molar-refractivity contribution in [3.8, 4) is 5.75 Å². The Kier molecular flexibility index (Phi) is 4.42. The Morgan fingerprint density at radius 3 is 2.74 bits per heavy atom. The van der Waals surface area contributed by atoms with Crippen LogP contribution in [0.3, 0.4) is 0 Å². The van der Waals surface area contributed by atoms with Crippen molar-refractivity contribution in [2.75, 3.05) is 27.2 Å². The molecule has 1 fully saturated rings. The Morgan fingerprint density at radius 1 is 1.53 bits per heavy atom. The van der Waals surface area contributed by atoms with Crippen molar-refractivity contribution in [1.82, 2.24) is 4.90 Å². The van der Waals surface area contributed by atoms with Gasteiger partial charge in [0, 0.05) is 19.1 Å². The van der Waals surface area contributed by atoms with Crippen molar-refractivity contribution < 1.29 is 9.13 Å². The monoisotopic (exact) mass is 266 g/mol. The van der Waals surface area contributed by atoms with Crippen molar-refractivity contribution in [3.63, 3.8) is 0 Å². The summed E-state index contributed by atoms with van der Waals surface area (Å²) < 4.78 is 18.5. The van der Waals surface area contributed by atoms with Gasteiger partial charge in [0.05, 0.1) is 7.11 Å². The van der Waals surface area contributed by atoms with Crippen LogP contribution in [-0.4, -0.2) is 32.1 Å². The van der Waals surface area contributed by atoms with E-state index in [4.69, 9.17) is 10.5 Å². The molecule has 0 radical (unpaired) electrons. The molecule has 3 atom stereocenters. The third-order valence-corrected chi connectivity index (χ3v) is 3.93. The number of rotatable bonds is 6. The van der Waals surface area contributed by atoms with Gasteiger partial charge in [-0.05, 0) is 43.0 Å². The molecule has 0 spiro atoms. The molecule has 4 heteroatoms. The zero-order valence-electron chi connectivity index (χ0n) is 11.9. The average Bonchev–Trinajstić information content (AvgIpc) is 3.04. The van der Waals surface area contributed by atoms with Gasteiger partial charge in [-0.2, -0.15) is 0 Å². The number of nitrogens with two attached hydrogens (primary N) is 1. The fraction of sp³-hybridized carbons (Fsp3) is 0.600. The van der Waals surface area contributed by atoms with Gasteiger partial charge in [0.15, 0.2) is 11.6 Å². The zero-order chi connectivity index (χ0) is 14.0. The lowest BCUT2D eigenvalue weighted by molar-refractivity contribution is 0.295. The molecular formula is C15H23FN2O. The van der Waals surface area contributed by atoms with E-state index >= 15 is 0 Å². The van der Waals surface area contributed by atoms with Crippen molar-refractivity contribution in [1.29, 1.82) is 0 Å². The van der Waals surface area contributed by atoms with Crippen molar-refractivity contribution in [3.05, 3.63) is 29.6 Å². The Hall–Kier alpha value is -1.13. The fourth-order valence-electron chi connectivity index (χ4n) is 2.48. The maximum absolute atomic E-state index is 13.6. The summed E-state index contributed by atoms with van der Waals surface area (Å²) in [7, 11) is 3.54. The summed E-state index contributed by atoms with van der Waals surface area (Å²) in [6.45, 7) is 4.10. The van der Waals surface area contributed by atoms with Gasteiger partial charge in [0.25, 0.3) is 0 Å². The second kappa shape index (κ2) is 5.88. The highest BCUT2D eigenvalue weighted by Gasteiger charge is 2.33. The van der Waals surface area contributed by atoms with Gasteiger partial charge in [0.2, 0.25) is 0 Å². The molecule has 1 saturated carbocycles. The standard InChI is InChI=1S/C15H23FN2O/c1-10-6-12(10)8-18(2)9-14(17)11-4-5-15(19-3)13(16)7-11/h4-5,7,10,12,14H,6,8-9,17H2,1-3H3. The molecule has 1 aromatic rings. The number of hydrogen-bond acceptors (Lipinski definition) is 3. The quantitative estimate of drug-likeness (QED) is 0.859. The molecule has 0 heterocycles. The van der Waals surface area contributed by atoms with Gasteiger partial charge in [0.1, 0.15) is 0 Å². The molecule has 2 rings (SSSR count). The number of benzene rings is 1. The van der Waals surface area contributed by atoms with Crippen LogP contribution in [0, 0.1) is 17.7 Å². The molecule has 3 unspecified atom stereocenters. The minimum atomic E-state index is -0.353. The first-order valence-electron chi connectivity index (χ1n) is 6.78. The van der Waals surface area contributed by atoms with Crippen LogP contribution in [0.4, 0.5) is 4.39 Å². The van der Waals surface area contributed by atoms with Crippen LogP contribution >= 0.6 is 0 Å². The first-order valence-corrected chi connectivity index (χ1v) is 6.78. The first kappa shape index (κ1) is 14.3. The molecule has 19 heavy (non-hydrogen) atoms. The third kappa shape index (κ3) is 3.67. The summed E-state index contributed by atoms with van der Waals surface area (Å²) in [4.78, 5) is 2.24. The molecule has 1 aromatic carbocycles. The normalized spacial score (nSPS) is 23.5. The molecule has 0 aromatic heterocycles. The molecule has 106 valence electrons. The Morgan fingerprint density at radius 2 is 2.21 bits per heavy atom. The first-order chi connectivity index (χ1) is 9.01. The lowest BCUT2D eigenvalue weighted by atomic mass is 10.1. The highest BCUT2D eigenvalue weighted by atomic mass is 19.1. The van der Waals surface area contributed by atoms with Gasteiger partial charge in [-0.3, -0.25) is 0 Å². The maximum Gasteiger partial charge on any atom is 0.165 e. The predicted molar refractivity (Wildman–Crippen MR) is 74.6 cm³/mol. The summed E-state index contributed by atoms with van der Waals surface area (Å²) in [5.41, 5.74) is 6.95. The second-order valence-corrected chi connectivity index (χ2v) is 5.69. The van der Waals surface area contributed by atoms with E-state index in [0.717, 1.165) is 30.5 Å². The van der Waals surface area contributed by atoms with Gasteiger partial charge in [-0.1, -0.05) is 13.0 Å². The smallest absolute Gasteiger partial charge is 0.165 e. The summed E-state index contributed by atoms with van der Waals surface area (Å²) in [6.07, 6.45) is 1.32. The number of hydrogen-bond donors (Lipinski definition) is 1. The van der Waals surface area contributed by atoms with Crippen LogP contribution in [0.15, 0.2) is 18.2 Å². The van der Waals surface area contributed by atoms with Crippen molar-refractivity contribution in [2.45, 2.75) is 19.4 Å². The summed E-state index contributed by atoms with van der Waals surface area (Å²) in [5, 5.41) is 0. The molecule has 3 nitrogen and oxygen atoms in total. The van der Waals surface area contributed by atoms with E-state index in [0.29, 0.717) is 0 Å². The molecule has 0 saturated heterocycles. The Labute approximate surface area is 114 Å². The molecule has 1 aliphatic rings. The van der Waals surface area contributed by atoms with Crippen LogP contribution < -0.4 is 10.5 Å².